The Kier molecular flexibility index (Phi) is 5.34. The van der Waals surface area contributed by atoms with E-state index in [2.05, 4.69) is 28.5 Å². The Hall–Kier alpha value is -0.480. The molecular formula is C14H22ClN3S. The van der Waals surface area contributed by atoms with Crippen LogP contribution in [-0.2, 0) is 6.42 Å². The van der Waals surface area contributed by atoms with Crippen molar-refractivity contribution in [1.82, 2.24) is 9.97 Å². The monoisotopic (exact) mass is 299 g/mol. The molecule has 0 aliphatic heterocycles. The number of anilines is 1. The number of thioether (sulfide) groups is 1. The summed E-state index contributed by atoms with van der Waals surface area (Å²) in [5.41, 5.74) is 0.964. The van der Waals surface area contributed by atoms with Gasteiger partial charge in [0, 0.05) is 23.3 Å². The van der Waals surface area contributed by atoms with E-state index in [0.29, 0.717) is 11.2 Å². The third kappa shape index (κ3) is 3.76. The summed E-state index contributed by atoms with van der Waals surface area (Å²) in [5, 5.41) is 4.97. The Morgan fingerprint density at radius 1 is 1.26 bits per heavy atom. The van der Waals surface area contributed by atoms with Gasteiger partial charge in [0.15, 0.2) is 0 Å². The molecular weight excluding hydrogens is 278 g/mol. The number of aryl methyl sites for hydroxylation is 1. The average Bonchev–Trinajstić information content (AvgIpc) is 2.44. The standard InChI is InChI=1S/C14H22ClN3S/c1-4-12-17-13(15)9(2)14(18-12)16-10-5-7-11(19-3)8-6-10/h10-11H,4-8H2,1-3H3,(H,16,17,18). The molecule has 0 saturated heterocycles. The molecule has 1 heterocycles. The fourth-order valence-electron chi connectivity index (χ4n) is 2.47. The smallest absolute Gasteiger partial charge is 0.137 e. The van der Waals surface area contributed by atoms with Gasteiger partial charge in [-0.3, -0.25) is 0 Å². The molecule has 0 atom stereocenters. The minimum Gasteiger partial charge on any atom is -0.367 e. The molecule has 2 rings (SSSR count). The number of nitrogens with one attached hydrogen (secondary N) is 1. The lowest BCUT2D eigenvalue weighted by Gasteiger charge is -2.29. The van der Waals surface area contributed by atoms with Crippen molar-refractivity contribution >= 4 is 29.2 Å². The summed E-state index contributed by atoms with van der Waals surface area (Å²) in [6, 6.07) is 0.526. The molecule has 19 heavy (non-hydrogen) atoms. The van der Waals surface area contributed by atoms with Crippen molar-refractivity contribution in [2.45, 2.75) is 57.2 Å². The maximum Gasteiger partial charge on any atom is 0.137 e. The molecule has 1 aromatic rings. The summed E-state index contributed by atoms with van der Waals surface area (Å²) in [4.78, 5) is 8.85. The Balaban J connectivity index is 2.05. The van der Waals surface area contributed by atoms with Crippen molar-refractivity contribution in [3.05, 3.63) is 16.5 Å². The summed E-state index contributed by atoms with van der Waals surface area (Å²) in [5.74, 6) is 1.74. The van der Waals surface area contributed by atoms with E-state index >= 15 is 0 Å². The molecule has 1 N–H and O–H groups in total. The van der Waals surface area contributed by atoms with Crippen LogP contribution in [0.2, 0.25) is 5.15 Å². The molecule has 0 bridgehead atoms. The van der Waals surface area contributed by atoms with Crippen LogP contribution in [0.4, 0.5) is 5.82 Å². The van der Waals surface area contributed by atoms with Crippen LogP contribution < -0.4 is 5.32 Å². The highest BCUT2D eigenvalue weighted by atomic mass is 35.5. The van der Waals surface area contributed by atoms with Crippen LogP contribution in [0.5, 0.6) is 0 Å². The van der Waals surface area contributed by atoms with Crippen molar-refractivity contribution < 1.29 is 0 Å². The van der Waals surface area contributed by atoms with Gasteiger partial charge in [-0.15, -0.1) is 0 Å². The summed E-state index contributed by atoms with van der Waals surface area (Å²) < 4.78 is 0. The molecule has 1 fully saturated rings. The van der Waals surface area contributed by atoms with Gasteiger partial charge < -0.3 is 5.32 Å². The lowest BCUT2D eigenvalue weighted by atomic mass is 9.95. The molecule has 0 aromatic carbocycles. The lowest BCUT2D eigenvalue weighted by Crippen LogP contribution is -2.28. The van der Waals surface area contributed by atoms with Crippen LogP contribution in [0.25, 0.3) is 0 Å². The van der Waals surface area contributed by atoms with Gasteiger partial charge in [0.1, 0.15) is 16.8 Å². The van der Waals surface area contributed by atoms with Gasteiger partial charge in [-0.05, 0) is 38.9 Å². The number of halogens is 1. The first-order valence-electron chi connectivity index (χ1n) is 6.96. The Morgan fingerprint density at radius 3 is 2.53 bits per heavy atom. The second-order valence-electron chi connectivity index (χ2n) is 5.11. The molecule has 0 amide bonds. The molecule has 1 aliphatic rings. The van der Waals surface area contributed by atoms with Crippen LogP contribution >= 0.6 is 23.4 Å². The first kappa shape index (κ1) is 14.9. The van der Waals surface area contributed by atoms with Gasteiger partial charge in [0.2, 0.25) is 0 Å². The normalized spacial score (nSPS) is 23.4. The number of hydrogen-bond donors (Lipinski definition) is 1. The first-order chi connectivity index (χ1) is 9.13. The van der Waals surface area contributed by atoms with Crippen molar-refractivity contribution in [3.63, 3.8) is 0 Å². The maximum absolute atomic E-state index is 6.17. The fourth-order valence-corrected chi connectivity index (χ4v) is 3.40. The van der Waals surface area contributed by atoms with Crippen molar-refractivity contribution in [3.8, 4) is 0 Å². The van der Waals surface area contributed by atoms with E-state index in [1.165, 1.54) is 25.7 Å². The fraction of sp³-hybridized carbons (Fsp3) is 0.714. The summed E-state index contributed by atoms with van der Waals surface area (Å²) in [6.45, 7) is 4.03. The second kappa shape index (κ2) is 6.80. The molecule has 1 aliphatic carbocycles. The SMILES string of the molecule is CCc1nc(Cl)c(C)c(NC2CCC(SC)CC2)n1. The van der Waals surface area contributed by atoms with Crippen LogP contribution in [0, 0.1) is 6.92 Å². The minimum atomic E-state index is 0.526. The van der Waals surface area contributed by atoms with Crippen molar-refractivity contribution in [2.24, 2.45) is 0 Å². The quantitative estimate of drug-likeness (QED) is 0.850. The van der Waals surface area contributed by atoms with E-state index in [1.807, 2.05) is 18.7 Å². The largest absolute Gasteiger partial charge is 0.367 e. The van der Waals surface area contributed by atoms with Gasteiger partial charge >= 0.3 is 0 Å². The van der Waals surface area contributed by atoms with Gasteiger partial charge in [0.05, 0.1) is 0 Å². The van der Waals surface area contributed by atoms with E-state index in [1.54, 1.807) is 0 Å². The van der Waals surface area contributed by atoms with E-state index in [4.69, 9.17) is 11.6 Å². The average molecular weight is 300 g/mol. The van der Waals surface area contributed by atoms with Gasteiger partial charge in [-0.1, -0.05) is 18.5 Å². The Labute approximate surface area is 124 Å². The molecule has 3 nitrogen and oxygen atoms in total. The third-order valence-electron chi connectivity index (χ3n) is 3.80. The minimum absolute atomic E-state index is 0.526. The van der Waals surface area contributed by atoms with E-state index < -0.39 is 0 Å². The van der Waals surface area contributed by atoms with Crippen LogP contribution in [0.15, 0.2) is 0 Å². The Morgan fingerprint density at radius 2 is 1.95 bits per heavy atom. The van der Waals surface area contributed by atoms with Crippen molar-refractivity contribution in [2.75, 3.05) is 11.6 Å². The summed E-state index contributed by atoms with van der Waals surface area (Å²) in [7, 11) is 0. The predicted molar refractivity (Wildman–Crippen MR) is 84.3 cm³/mol. The third-order valence-corrected chi connectivity index (χ3v) is 5.30. The molecule has 1 aromatic heterocycles. The zero-order chi connectivity index (χ0) is 13.8. The molecule has 106 valence electrons. The maximum atomic E-state index is 6.17. The van der Waals surface area contributed by atoms with Gasteiger partial charge in [0.25, 0.3) is 0 Å². The highest BCUT2D eigenvalue weighted by molar-refractivity contribution is 7.99. The Bertz CT molecular complexity index is 431. The number of hydrogen-bond acceptors (Lipinski definition) is 4. The predicted octanol–water partition coefficient (Wildman–Crippen LogP) is 4.09. The number of rotatable bonds is 4. The highest BCUT2D eigenvalue weighted by Crippen LogP contribution is 2.29. The van der Waals surface area contributed by atoms with Gasteiger partial charge in [-0.25, -0.2) is 9.97 Å². The molecule has 1 saturated carbocycles. The van der Waals surface area contributed by atoms with Crippen LogP contribution in [0.1, 0.15) is 44.0 Å². The lowest BCUT2D eigenvalue weighted by molar-refractivity contribution is 0.472. The first-order valence-corrected chi connectivity index (χ1v) is 8.63. The molecule has 0 radical (unpaired) electrons. The zero-order valence-electron chi connectivity index (χ0n) is 11.9. The van der Waals surface area contributed by atoms with E-state index in [9.17, 15) is 0 Å². The highest BCUT2D eigenvalue weighted by Gasteiger charge is 2.21. The summed E-state index contributed by atoms with van der Waals surface area (Å²) >= 11 is 8.16. The van der Waals surface area contributed by atoms with Crippen molar-refractivity contribution in [1.29, 1.82) is 0 Å². The van der Waals surface area contributed by atoms with E-state index in [-0.39, 0.29) is 0 Å². The number of nitrogens with zero attached hydrogens (tertiary/aromatic N) is 2. The van der Waals surface area contributed by atoms with Crippen LogP contribution in [0.3, 0.4) is 0 Å². The van der Waals surface area contributed by atoms with Crippen LogP contribution in [-0.4, -0.2) is 27.5 Å². The molecule has 0 spiro atoms. The zero-order valence-corrected chi connectivity index (χ0v) is 13.4. The number of aromatic nitrogens is 2. The molecule has 5 heteroatoms. The van der Waals surface area contributed by atoms with Gasteiger partial charge in [-0.2, -0.15) is 11.8 Å². The van der Waals surface area contributed by atoms with E-state index in [0.717, 1.165) is 28.9 Å². The summed E-state index contributed by atoms with van der Waals surface area (Å²) in [6.07, 6.45) is 8.03. The molecule has 0 unspecified atom stereocenters. The topological polar surface area (TPSA) is 37.8 Å². The second-order valence-corrected chi connectivity index (χ2v) is 6.61.